The number of amides is 1. The molecule has 2 aromatic heterocycles. The van der Waals surface area contributed by atoms with Crippen molar-refractivity contribution in [2.24, 2.45) is 0 Å². The van der Waals surface area contributed by atoms with E-state index in [-0.39, 0.29) is 5.91 Å². The minimum absolute atomic E-state index is 0.161. The Hall–Kier alpha value is -2.09. The molecule has 0 saturated heterocycles. The van der Waals surface area contributed by atoms with Crippen LogP contribution in [-0.2, 0) is 0 Å². The van der Waals surface area contributed by atoms with Gasteiger partial charge in [0, 0.05) is 26.4 Å². The lowest BCUT2D eigenvalue weighted by atomic mass is 10.4. The Morgan fingerprint density at radius 3 is 2.79 bits per heavy atom. The van der Waals surface area contributed by atoms with Crippen LogP contribution >= 0.6 is 11.8 Å². The number of nitrogens with zero attached hydrogens (tertiary/aromatic N) is 5. The first kappa shape index (κ1) is 13.3. The zero-order chi connectivity index (χ0) is 14.0. The molecule has 0 atom stereocenters. The summed E-state index contributed by atoms with van der Waals surface area (Å²) in [6.07, 6.45) is 3.53. The van der Waals surface area contributed by atoms with Crippen LogP contribution in [0, 0.1) is 0 Å². The molecule has 0 bridgehead atoms. The highest BCUT2D eigenvalue weighted by Gasteiger charge is 2.13. The SMILES string of the molecule is CSc1nc(N)cc(-n2ccc(C(=O)N(C)C)n2)n1. The fourth-order valence-corrected chi connectivity index (χ4v) is 1.82. The molecule has 0 aliphatic carbocycles. The van der Waals surface area contributed by atoms with Crippen molar-refractivity contribution >= 4 is 23.5 Å². The third-order valence-corrected chi connectivity index (χ3v) is 2.89. The second-order valence-electron chi connectivity index (χ2n) is 3.98. The number of nitrogens with two attached hydrogens (primary N) is 1. The molecule has 0 aliphatic heterocycles. The van der Waals surface area contributed by atoms with E-state index in [1.165, 1.54) is 21.3 Å². The van der Waals surface area contributed by atoms with Crippen LogP contribution in [0.1, 0.15) is 10.5 Å². The lowest BCUT2D eigenvalue weighted by molar-refractivity contribution is 0.0821. The molecule has 7 nitrogen and oxygen atoms in total. The fraction of sp³-hybridized carbons (Fsp3) is 0.273. The quantitative estimate of drug-likeness (QED) is 0.655. The largest absolute Gasteiger partial charge is 0.383 e. The summed E-state index contributed by atoms with van der Waals surface area (Å²) in [6.45, 7) is 0. The topological polar surface area (TPSA) is 89.9 Å². The third kappa shape index (κ3) is 2.84. The van der Waals surface area contributed by atoms with Crippen LogP contribution in [0.2, 0.25) is 0 Å². The van der Waals surface area contributed by atoms with Crippen LogP contribution < -0.4 is 5.73 Å². The maximum atomic E-state index is 11.8. The average Bonchev–Trinajstić information content (AvgIpc) is 2.86. The Morgan fingerprint density at radius 2 is 2.16 bits per heavy atom. The lowest BCUT2D eigenvalue weighted by Gasteiger charge is -2.07. The van der Waals surface area contributed by atoms with Gasteiger partial charge < -0.3 is 10.6 Å². The molecule has 0 fully saturated rings. The molecule has 0 radical (unpaired) electrons. The monoisotopic (exact) mass is 278 g/mol. The number of thioether (sulfide) groups is 1. The van der Waals surface area contributed by atoms with Gasteiger partial charge in [-0.05, 0) is 12.3 Å². The summed E-state index contributed by atoms with van der Waals surface area (Å²) in [7, 11) is 3.35. The van der Waals surface area contributed by atoms with Gasteiger partial charge in [0.15, 0.2) is 16.7 Å². The zero-order valence-corrected chi connectivity index (χ0v) is 11.7. The molecular formula is C11H14N6OS. The van der Waals surface area contributed by atoms with E-state index >= 15 is 0 Å². The Balaban J connectivity index is 2.37. The fourth-order valence-electron chi connectivity index (χ4n) is 1.43. The average molecular weight is 278 g/mol. The van der Waals surface area contributed by atoms with E-state index in [0.29, 0.717) is 22.5 Å². The molecule has 100 valence electrons. The van der Waals surface area contributed by atoms with Gasteiger partial charge in [-0.3, -0.25) is 4.79 Å². The smallest absolute Gasteiger partial charge is 0.273 e. The van der Waals surface area contributed by atoms with Gasteiger partial charge in [0.2, 0.25) is 0 Å². The van der Waals surface area contributed by atoms with Crippen LogP contribution in [-0.4, -0.2) is 50.9 Å². The second-order valence-corrected chi connectivity index (χ2v) is 4.76. The third-order valence-electron chi connectivity index (χ3n) is 2.34. The first-order valence-electron chi connectivity index (χ1n) is 5.47. The van der Waals surface area contributed by atoms with Crippen molar-refractivity contribution in [3.63, 3.8) is 0 Å². The predicted octanol–water partition coefficient (Wildman–Crippen LogP) is 0.668. The number of aromatic nitrogens is 4. The summed E-state index contributed by atoms with van der Waals surface area (Å²) < 4.78 is 1.51. The van der Waals surface area contributed by atoms with Gasteiger partial charge in [-0.25, -0.2) is 14.6 Å². The van der Waals surface area contributed by atoms with Crippen LogP contribution in [0.25, 0.3) is 5.82 Å². The van der Waals surface area contributed by atoms with E-state index < -0.39 is 0 Å². The van der Waals surface area contributed by atoms with Crippen LogP contribution in [0.15, 0.2) is 23.5 Å². The number of nitrogen functional groups attached to an aromatic ring is 1. The van der Waals surface area contributed by atoms with E-state index in [2.05, 4.69) is 15.1 Å². The molecule has 19 heavy (non-hydrogen) atoms. The number of hydrogen-bond acceptors (Lipinski definition) is 6. The minimum Gasteiger partial charge on any atom is -0.383 e. The zero-order valence-electron chi connectivity index (χ0n) is 10.9. The van der Waals surface area contributed by atoms with Crippen molar-refractivity contribution in [3.05, 3.63) is 24.0 Å². The van der Waals surface area contributed by atoms with Gasteiger partial charge >= 0.3 is 0 Å². The Labute approximate surface area is 114 Å². The number of carbonyl (C=O) groups excluding carboxylic acids is 1. The number of carbonyl (C=O) groups is 1. The van der Waals surface area contributed by atoms with Crippen molar-refractivity contribution in [2.45, 2.75) is 5.16 Å². The van der Waals surface area contributed by atoms with Crippen molar-refractivity contribution in [1.82, 2.24) is 24.6 Å². The normalized spacial score (nSPS) is 10.5. The summed E-state index contributed by atoms with van der Waals surface area (Å²) in [5, 5.41) is 4.75. The van der Waals surface area contributed by atoms with Crippen LogP contribution in [0.5, 0.6) is 0 Å². The van der Waals surface area contributed by atoms with E-state index in [4.69, 9.17) is 5.73 Å². The van der Waals surface area contributed by atoms with E-state index in [1.54, 1.807) is 32.4 Å². The predicted molar refractivity (Wildman–Crippen MR) is 73.4 cm³/mol. The molecule has 0 spiro atoms. The maximum Gasteiger partial charge on any atom is 0.273 e. The highest BCUT2D eigenvalue weighted by atomic mass is 32.2. The minimum atomic E-state index is -0.161. The van der Waals surface area contributed by atoms with E-state index in [0.717, 1.165) is 0 Å². The van der Waals surface area contributed by atoms with Crippen molar-refractivity contribution < 1.29 is 4.79 Å². The first-order chi connectivity index (χ1) is 9.01. The molecule has 1 amide bonds. The molecule has 2 rings (SSSR count). The van der Waals surface area contributed by atoms with Gasteiger partial charge in [-0.15, -0.1) is 0 Å². The van der Waals surface area contributed by atoms with Crippen molar-refractivity contribution in [2.75, 3.05) is 26.1 Å². The Bertz CT molecular complexity index is 609. The number of rotatable bonds is 3. The van der Waals surface area contributed by atoms with Crippen molar-refractivity contribution in [1.29, 1.82) is 0 Å². The maximum absolute atomic E-state index is 11.8. The molecule has 2 N–H and O–H groups in total. The van der Waals surface area contributed by atoms with E-state index in [1.807, 2.05) is 6.26 Å². The summed E-state index contributed by atoms with van der Waals surface area (Å²) >= 11 is 1.39. The second kappa shape index (κ2) is 5.27. The first-order valence-corrected chi connectivity index (χ1v) is 6.70. The summed E-state index contributed by atoms with van der Waals surface area (Å²) in [4.78, 5) is 21.6. The van der Waals surface area contributed by atoms with E-state index in [9.17, 15) is 4.79 Å². The lowest BCUT2D eigenvalue weighted by Crippen LogP contribution is -2.22. The molecule has 0 aromatic carbocycles. The van der Waals surface area contributed by atoms with Crippen LogP contribution in [0.4, 0.5) is 5.82 Å². The highest BCUT2D eigenvalue weighted by Crippen LogP contribution is 2.14. The van der Waals surface area contributed by atoms with Gasteiger partial charge in [-0.1, -0.05) is 11.8 Å². The van der Waals surface area contributed by atoms with Gasteiger partial charge in [0.1, 0.15) is 5.82 Å². The number of hydrogen-bond donors (Lipinski definition) is 1. The summed E-state index contributed by atoms with van der Waals surface area (Å²) in [6, 6.07) is 3.25. The highest BCUT2D eigenvalue weighted by molar-refractivity contribution is 7.98. The standard InChI is InChI=1S/C11H14N6OS/c1-16(2)10(18)7-4-5-17(15-7)9-6-8(12)13-11(14-9)19-3/h4-6H,1-3H3,(H2,12,13,14). The van der Waals surface area contributed by atoms with Gasteiger partial charge in [0.05, 0.1) is 0 Å². The molecule has 0 unspecified atom stereocenters. The molecular weight excluding hydrogens is 264 g/mol. The molecule has 8 heteroatoms. The van der Waals surface area contributed by atoms with Gasteiger partial charge in [0.25, 0.3) is 5.91 Å². The van der Waals surface area contributed by atoms with Gasteiger partial charge in [-0.2, -0.15) is 5.10 Å². The van der Waals surface area contributed by atoms with Crippen molar-refractivity contribution in [3.8, 4) is 5.82 Å². The Kier molecular flexibility index (Phi) is 3.70. The number of anilines is 1. The summed E-state index contributed by atoms with van der Waals surface area (Å²) in [5.41, 5.74) is 6.06. The molecule has 2 heterocycles. The molecule has 2 aromatic rings. The Morgan fingerprint density at radius 1 is 1.42 bits per heavy atom. The molecule has 0 aliphatic rings. The van der Waals surface area contributed by atoms with Crippen LogP contribution in [0.3, 0.4) is 0 Å². The molecule has 0 saturated carbocycles. The summed E-state index contributed by atoms with van der Waals surface area (Å²) in [5.74, 6) is 0.742.